The van der Waals surface area contributed by atoms with Gasteiger partial charge in [-0.1, -0.05) is 49.1 Å². The number of nitrogens with zero attached hydrogens (tertiary/aromatic N) is 2. The summed E-state index contributed by atoms with van der Waals surface area (Å²) in [5.74, 6) is -0.877. The van der Waals surface area contributed by atoms with Gasteiger partial charge in [0.15, 0.2) is 0 Å². The number of carbonyl (C=O) groups is 2. The fourth-order valence-electron chi connectivity index (χ4n) is 5.30. The number of sulfonamides is 1. The van der Waals surface area contributed by atoms with Gasteiger partial charge in [-0.15, -0.1) is 0 Å². The molecule has 4 rings (SSSR count). The summed E-state index contributed by atoms with van der Waals surface area (Å²) in [7, 11) is -4.27. The molecule has 1 fully saturated rings. The van der Waals surface area contributed by atoms with Gasteiger partial charge in [-0.25, -0.2) is 12.8 Å². The van der Waals surface area contributed by atoms with E-state index < -0.39 is 34.3 Å². The third-order valence-corrected chi connectivity index (χ3v) is 9.46. The Labute approximate surface area is 253 Å². The zero-order valence-corrected chi connectivity index (χ0v) is 25.8. The SMILES string of the molecule is CCOc1ccc(S(=O)(=O)N(CC(=O)N(Cc2cccc(C)c2)C(C)C(=O)NC2CCCCC2)c2ccc(F)cc2)cc1. The van der Waals surface area contributed by atoms with Crippen molar-refractivity contribution in [3.8, 4) is 5.75 Å². The van der Waals surface area contributed by atoms with E-state index in [-0.39, 0.29) is 29.1 Å². The van der Waals surface area contributed by atoms with Crippen LogP contribution in [0.4, 0.5) is 10.1 Å². The minimum Gasteiger partial charge on any atom is -0.494 e. The van der Waals surface area contributed by atoms with Gasteiger partial charge in [0.2, 0.25) is 11.8 Å². The summed E-state index contributed by atoms with van der Waals surface area (Å²) in [6.45, 7) is 5.37. The molecule has 1 saturated carbocycles. The van der Waals surface area contributed by atoms with E-state index in [9.17, 15) is 22.4 Å². The molecule has 0 radical (unpaired) electrons. The number of hydrogen-bond acceptors (Lipinski definition) is 5. The van der Waals surface area contributed by atoms with Crippen LogP contribution in [0.15, 0.2) is 77.7 Å². The molecule has 10 heteroatoms. The maximum Gasteiger partial charge on any atom is 0.264 e. The van der Waals surface area contributed by atoms with Crippen molar-refractivity contribution in [2.24, 2.45) is 0 Å². The first kappa shape index (κ1) is 32.0. The molecular weight excluding hydrogens is 569 g/mol. The van der Waals surface area contributed by atoms with Crippen LogP contribution in [0.5, 0.6) is 5.75 Å². The van der Waals surface area contributed by atoms with Crippen LogP contribution in [-0.2, 0) is 26.2 Å². The molecule has 0 aromatic heterocycles. The van der Waals surface area contributed by atoms with E-state index in [0.717, 1.165) is 59.7 Å². The van der Waals surface area contributed by atoms with Crippen LogP contribution in [0.25, 0.3) is 0 Å². The van der Waals surface area contributed by atoms with Gasteiger partial charge < -0.3 is 15.0 Å². The molecule has 0 bridgehead atoms. The Balaban J connectivity index is 1.67. The van der Waals surface area contributed by atoms with Crippen molar-refractivity contribution in [3.63, 3.8) is 0 Å². The second-order valence-corrected chi connectivity index (χ2v) is 12.8. The topological polar surface area (TPSA) is 96.0 Å². The third kappa shape index (κ3) is 8.34. The number of halogens is 1. The molecule has 0 aliphatic heterocycles. The molecule has 3 aromatic carbocycles. The Kier molecular flexibility index (Phi) is 10.8. The number of amides is 2. The molecule has 1 aliphatic carbocycles. The highest BCUT2D eigenvalue weighted by Gasteiger charge is 2.33. The van der Waals surface area contributed by atoms with Gasteiger partial charge in [0.25, 0.3) is 10.0 Å². The molecule has 43 heavy (non-hydrogen) atoms. The number of rotatable bonds is 12. The first-order valence-electron chi connectivity index (χ1n) is 14.7. The summed E-state index contributed by atoms with van der Waals surface area (Å²) in [5, 5.41) is 3.10. The van der Waals surface area contributed by atoms with Crippen LogP contribution >= 0.6 is 0 Å². The predicted molar refractivity (Wildman–Crippen MR) is 165 cm³/mol. The van der Waals surface area contributed by atoms with Crippen molar-refractivity contribution in [1.82, 2.24) is 10.2 Å². The predicted octanol–water partition coefficient (Wildman–Crippen LogP) is 5.59. The second kappa shape index (κ2) is 14.5. The van der Waals surface area contributed by atoms with Gasteiger partial charge in [0.05, 0.1) is 17.2 Å². The van der Waals surface area contributed by atoms with Gasteiger partial charge in [0, 0.05) is 12.6 Å². The Bertz CT molecular complexity index is 1490. The van der Waals surface area contributed by atoms with Crippen LogP contribution in [0.2, 0.25) is 0 Å². The Morgan fingerprint density at radius 1 is 1.00 bits per heavy atom. The second-order valence-electron chi connectivity index (χ2n) is 10.9. The maximum atomic E-state index is 14.1. The number of anilines is 1. The summed E-state index contributed by atoms with van der Waals surface area (Å²) in [6, 6.07) is 17.6. The van der Waals surface area contributed by atoms with E-state index in [0.29, 0.717) is 12.4 Å². The van der Waals surface area contributed by atoms with Crippen molar-refractivity contribution in [2.45, 2.75) is 76.4 Å². The van der Waals surface area contributed by atoms with Crippen LogP contribution in [0.1, 0.15) is 57.1 Å². The van der Waals surface area contributed by atoms with E-state index in [1.807, 2.05) is 38.1 Å². The smallest absolute Gasteiger partial charge is 0.264 e. The lowest BCUT2D eigenvalue weighted by Crippen LogP contribution is -2.53. The zero-order valence-electron chi connectivity index (χ0n) is 25.0. The molecule has 0 saturated heterocycles. The van der Waals surface area contributed by atoms with Gasteiger partial charge in [0.1, 0.15) is 24.2 Å². The highest BCUT2D eigenvalue weighted by atomic mass is 32.2. The van der Waals surface area contributed by atoms with Gasteiger partial charge in [-0.05, 0) is 87.7 Å². The number of nitrogens with one attached hydrogen (secondary N) is 1. The standard InChI is InChI=1S/C33H40FN3O5S/c1-4-42-30-17-19-31(20-18-30)43(40,41)37(29-15-13-27(34)14-16-29)23-32(38)36(22-26-10-8-9-24(2)21-26)25(3)33(39)35-28-11-6-5-7-12-28/h8-10,13-21,25,28H,4-7,11-12,22-23H2,1-3H3,(H,35,39). The van der Waals surface area contributed by atoms with Crippen molar-refractivity contribution in [2.75, 3.05) is 17.5 Å². The highest BCUT2D eigenvalue weighted by Crippen LogP contribution is 2.26. The largest absolute Gasteiger partial charge is 0.494 e. The lowest BCUT2D eigenvalue weighted by atomic mass is 9.95. The number of hydrogen-bond donors (Lipinski definition) is 1. The molecular formula is C33H40FN3O5S. The monoisotopic (exact) mass is 609 g/mol. The molecule has 1 aliphatic rings. The van der Waals surface area contributed by atoms with E-state index in [1.54, 1.807) is 19.1 Å². The van der Waals surface area contributed by atoms with E-state index in [1.165, 1.54) is 29.2 Å². The fourth-order valence-corrected chi connectivity index (χ4v) is 6.71. The third-order valence-electron chi connectivity index (χ3n) is 7.67. The summed E-state index contributed by atoms with van der Waals surface area (Å²) in [4.78, 5) is 28.9. The molecule has 1 unspecified atom stereocenters. The summed E-state index contributed by atoms with van der Waals surface area (Å²) in [5.41, 5.74) is 1.93. The Morgan fingerprint density at radius 2 is 1.67 bits per heavy atom. The molecule has 0 heterocycles. The molecule has 230 valence electrons. The van der Waals surface area contributed by atoms with E-state index >= 15 is 0 Å². The molecule has 1 N–H and O–H groups in total. The highest BCUT2D eigenvalue weighted by molar-refractivity contribution is 7.92. The first-order chi connectivity index (χ1) is 20.6. The van der Waals surface area contributed by atoms with E-state index in [2.05, 4.69) is 5.32 Å². The van der Waals surface area contributed by atoms with Crippen LogP contribution in [0.3, 0.4) is 0 Å². The van der Waals surface area contributed by atoms with Crippen molar-refractivity contribution in [3.05, 3.63) is 89.7 Å². The van der Waals surface area contributed by atoms with Gasteiger partial charge in [-0.3, -0.25) is 13.9 Å². The average molecular weight is 610 g/mol. The van der Waals surface area contributed by atoms with Crippen LogP contribution in [-0.4, -0.2) is 50.4 Å². The van der Waals surface area contributed by atoms with E-state index in [4.69, 9.17) is 4.74 Å². The summed E-state index contributed by atoms with van der Waals surface area (Å²) >= 11 is 0. The lowest BCUT2D eigenvalue weighted by Gasteiger charge is -2.33. The number of aryl methyl sites for hydroxylation is 1. The quantitative estimate of drug-likeness (QED) is 0.289. The van der Waals surface area contributed by atoms with Gasteiger partial charge >= 0.3 is 0 Å². The Morgan fingerprint density at radius 3 is 2.30 bits per heavy atom. The van der Waals surface area contributed by atoms with Crippen molar-refractivity contribution >= 4 is 27.5 Å². The zero-order chi connectivity index (χ0) is 31.0. The summed E-state index contributed by atoms with van der Waals surface area (Å²) < 4.78 is 48.2. The van der Waals surface area contributed by atoms with Crippen LogP contribution < -0.4 is 14.4 Å². The van der Waals surface area contributed by atoms with Gasteiger partial charge in [-0.2, -0.15) is 0 Å². The molecule has 1 atom stereocenters. The first-order valence-corrected chi connectivity index (χ1v) is 16.2. The van der Waals surface area contributed by atoms with Crippen LogP contribution in [0, 0.1) is 12.7 Å². The Hall–Kier alpha value is -3.92. The number of ether oxygens (including phenoxy) is 1. The molecule has 0 spiro atoms. The molecule has 8 nitrogen and oxygen atoms in total. The summed E-state index contributed by atoms with van der Waals surface area (Å²) in [6.07, 6.45) is 5.01. The average Bonchev–Trinajstić information content (AvgIpc) is 2.99. The minimum atomic E-state index is -4.27. The van der Waals surface area contributed by atoms with Crippen molar-refractivity contribution < 1.29 is 27.1 Å². The molecule has 2 amide bonds. The molecule has 3 aromatic rings. The normalized spacial score (nSPS) is 14.5. The number of benzene rings is 3. The lowest BCUT2D eigenvalue weighted by molar-refractivity contribution is -0.139. The maximum absolute atomic E-state index is 14.1. The van der Waals surface area contributed by atoms with Crippen molar-refractivity contribution in [1.29, 1.82) is 0 Å². The fraction of sp³-hybridized carbons (Fsp3) is 0.394. The minimum absolute atomic E-state index is 0.0513. The number of carbonyl (C=O) groups excluding carboxylic acids is 2.